The van der Waals surface area contributed by atoms with E-state index in [-0.39, 0.29) is 24.4 Å². The van der Waals surface area contributed by atoms with Gasteiger partial charge >= 0.3 is 0 Å². The second-order valence-corrected chi connectivity index (χ2v) is 20.1. The van der Waals surface area contributed by atoms with Gasteiger partial charge in [-0.3, -0.25) is 19.4 Å². The predicted octanol–water partition coefficient (Wildman–Crippen LogP) is 6.95. The Morgan fingerprint density at radius 1 is 0.653 bits per heavy atom. The maximum atomic E-state index is 13.5. The maximum Gasteiger partial charge on any atom is 0.251 e. The van der Waals surface area contributed by atoms with Gasteiger partial charge in [-0.05, 0) is 100 Å². The van der Waals surface area contributed by atoms with Crippen molar-refractivity contribution in [2.24, 2.45) is 0 Å². The van der Waals surface area contributed by atoms with Crippen LogP contribution in [-0.2, 0) is 16.0 Å². The summed E-state index contributed by atoms with van der Waals surface area (Å²) in [6.07, 6.45) is 10.7. The minimum atomic E-state index is -0.359. The molecule has 2 amide bonds. The van der Waals surface area contributed by atoms with E-state index in [4.69, 9.17) is 29.4 Å². The van der Waals surface area contributed by atoms with E-state index in [0.29, 0.717) is 68.3 Å². The molecule has 400 valence electrons. The molecule has 0 radical (unpaired) electrons. The zero-order chi connectivity index (χ0) is 52.2. The molecule has 3 aliphatic heterocycles. The Bertz CT molecular complexity index is 2570. The summed E-state index contributed by atoms with van der Waals surface area (Å²) < 4.78 is 11.0. The molecule has 16 heteroatoms. The van der Waals surface area contributed by atoms with Crippen molar-refractivity contribution in [2.75, 3.05) is 131 Å². The molecule has 1 saturated carbocycles. The second-order valence-electron chi connectivity index (χ2n) is 20.1. The van der Waals surface area contributed by atoms with Crippen LogP contribution in [0.5, 0.6) is 0 Å². The van der Waals surface area contributed by atoms with Crippen molar-refractivity contribution in [3.8, 4) is 23.7 Å². The average Bonchev–Trinajstić information content (AvgIpc) is 3.46. The molecular formula is C59H80N12O4. The van der Waals surface area contributed by atoms with E-state index in [2.05, 4.69) is 84.5 Å². The monoisotopic (exact) mass is 1020 g/mol. The number of hydrogen-bond donors (Lipinski definition) is 2. The molecule has 8 rings (SSSR count). The molecule has 1 atom stereocenters. The summed E-state index contributed by atoms with van der Waals surface area (Å²) in [5, 5.41) is 6.30. The van der Waals surface area contributed by atoms with Gasteiger partial charge in [-0.2, -0.15) is 0 Å². The van der Waals surface area contributed by atoms with Gasteiger partial charge in [-0.1, -0.05) is 57.3 Å². The zero-order valence-corrected chi connectivity index (χ0v) is 45.1. The van der Waals surface area contributed by atoms with Gasteiger partial charge in [-0.25, -0.2) is 19.9 Å². The molecule has 75 heavy (non-hydrogen) atoms. The number of amides is 2. The number of aromatic nitrogens is 4. The minimum Gasteiger partial charge on any atom is -0.378 e. The third kappa shape index (κ3) is 16.1. The molecule has 0 bridgehead atoms. The van der Waals surface area contributed by atoms with Gasteiger partial charge in [0.25, 0.3) is 11.8 Å². The Morgan fingerprint density at radius 2 is 1.21 bits per heavy atom. The third-order valence-electron chi connectivity index (χ3n) is 14.8. The molecule has 3 saturated heterocycles. The quantitative estimate of drug-likeness (QED) is 0.0696. The van der Waals surface area contributed by atoms with E-state index in [9.17, 15) is 9.59 Å². The third-order valence-corrected chi connectivity index (χ3v) is 14.8. The van der Waals surface area contributed by atoms with E-state index < -0.39 is 0 Å². The first-order chi connectivity index (χ1) is 36.8. The van der Waals surface area contributed by atoms with Crippen LogP contribution in [0.1, 0.15) is 135 Å². The summed E-state index contributed by atoms with van der Waals surface area (Å²) in [7, 11) is 0. The zero-order valence-electron chi connectivity index (χ0n) is 45.1. The summed E-state index contributed by atoms with van der Waals surface area (Å²) in [6.45, 7) is 22.2. The normalized spacial score (nSPS) is 17.0. The number of piperazine rings is 1. The molecule has 16 nitrogen and oxygen atoms in total. The SMILES string of the molecule is CCCCCCN(CC)c1cc([C@H](C)NC(=O)c2ccc(N3CCOCC3)cc2)nc(C#CCN2CCN(CC#Cc3nc(CNC(=O)c4ccc(N5CCOCC5)cc4)cc(N(CC)C4CCCCC4)n3)CC2)n1. The fourth-order valence-electron chi connectivity index (χ4n) is 10.3. The number of carbonyl (C=O) groups excluding carboxylic acids is 2. The Kier molecular flexibility index (Phi) is 20.9. The first kappa shape index (κ1) is 54.9. The second kappa shape index (κ2) is 28.6. The maximum absolute atomic E-state index is 13.5. The number of nitrogens with zero attached hydrogens (tertiary/aromatic N) is 10. The Labute approximate surface area is 446 Å². The lowest BCUT2D eigenvalue weighted by Crippen LogP contribution is -2.46. The van der Waals surface area contributed by atoms with Gasteiger partial charge in [0.2, 0.25) is 11.6 Å². The van der Waals surface area contributed by atoms with Crippen molar-refractivity contribution < 1.29 is 19.1 Å². The number of anilines is 4. The molecule has 4 aromatic rings. The first-order valence-electron chi connectivity index (χ1n) is 27.9. The van der Waals surface area contributed by atoms with Crippen LogP contribution in [0.25, 0.3) is 0 Å². The lowest BCUT2D eigenvalue weighted by atomic mass is 9.94. The number of rotatable bonds is 20. The van der Waals surface area contributed by atoms with Gasteiger partial charge in [0.15, 0.2) is 0 Å². The van der Waals surface area contributed by atoms with Crippen molar-refractivity contribution in [3.05, 3.63) is 94.8 Å². The molecule has 0 spiro atoms. The van der Waals surface area contributed by atoms with Crippen molar-refractivity contribution >= 4 is 34.8 Å². The molecule has 2 aromatic carbocycles. The lowest BCUT2D eigenvalue weighted by molar-refractivity contribution is 0.0934. The van der Waals surface area contributed by atoms with Gasteiger partial charge in [0.1, 0.15) is 11.6 Å². The number of unbranched alkanes of at least 4 members (excludes halogenated alkanes) is 3. The summed E-state index contributed by atoms with van der Waals surface area (Å²) in [6, 6.07) is 19.7. The molecule has 4 fully saturated rings. The number of hydrogen-bond acceptors (Lipinski definition) is 14. The standard InChI is InChI=1S/C59H80N12O4/c1-5-8-9-13-30-68(6-2)56-44-53(46(4)61-59(73)48-22-26-51(27-23-48)70-37-41-75-42-38-70)63-55(64-56)19-15-29-67-33-31-66(32-34-67)28-14-18-54-62-49(43-57(65-54)71(7-3)52-16-11-10-12-17-52)45-60-58(72)47-20-24-50(25-21-47)69-35-39-74-40-36-69/h20-27,43-44,46,52H,5-13,16-17,28-42,45H2,1-4H3,(H,60,72)(H,61,73)/t46-/m0/s1. The number of carbonyl (C=O) groups is 2. The van der Waals surface area contributed by atoms with Crippen molar-refractivity contribution in [2.45, 2.75) is 104 Å². The molecule has 1 aliphatic carbocycles. The smallest absolute Gasteiger partial charge is 0.251 e. The van der Waals surface area contributed by atoms with Gasteiger partial charge in [0.05, 0.1) is 63.5 Å². The Balaban J connectivity index is 0.881. The van der Waals surface area contributed by atoms with Gasteiger partial charge < -0.3 is 39.7 Å². The highest BCUT2D eigenvalue weighted by atomic mass is 16.5. The van der Waals surface area contributed by atoms with Crippen LogP contribution in [0, 0.1) is 23.7 Å². The minimum absolute atomic E-state index is 0.139. The van der Waals surface area contributed by atoms with Crippen LogP contribution < -0.4 is 30.2 Å². The fourth-order valence-corrected chi connectivity index (χ4v) is 10.3. The van der Waals surface area contributed by atoms with Gasteiger partial charge in [0, 0.05) is 113 Å². The van der Waals surface area contributed by atoms with Crippen LogP contribution in [0.15, 0.2) is 60.7 Å². The molecular weight excluding hydrogens is 941 g/mol. The van der Waals surface area contributed by atoms with E-state index in [1.54, 1.807) is 0 Å². The lowest BCUT2D eigenvalue weighted by Gasteiger charge is -2.34. The van der Waals surface area contributed by atoms with Gasteiger partial charge in [-0.15, -0.1) is 0 Å². The van der Waals surface area contributed by atoms with Crippen molar-refractivity contribution in [3.63, 3.8) is 0 Å². The summed E-state index contributed by atoms with van der Waals surface area (Å²) >= 11 is 0. The van der Waals surface area contributed by atoms with Crippen LogP contribution in [-0.4, -0.2) is 159 Å². The first-order valence-corrected chi connectivity index (χ1v) is 27.9. The van der Waals surface area contributed by atoms with Crippen molar-refractivity contribution in [1.29, 1.82) is 0 Å². The highest BCUT2D eigenvalue weighted by molar-refractivity contribution is 5.95. The number of morpholine rings is 2. The Morgan fingerprint density at radius 3 is 1.77 bits per heavy atom. The summed E-state index contributed by atoms with van der Waals surface area (Å²) in [5.41, 5.74) is 4.89. The van der Waals surface area contributed by atoms with E-state index >= 15 is 0 Å². The van der Waals surface area contributed by atoms with Crippen LogP contribution in [0.3, 0.4) is 0 Å². The predicted molar refractivity (Wildman–Crippen MR) is 299 cm³/mol. The average molecular weight is 1020 g/mol. The summed E-state index contributed by atoms with van der Waals surface area (Å²) in [4.78, 5) is 60.6. The Hall–Kier alpha value is -6.30. The topological polar surface area (TPSA) is 148 Å². The van der Waals surface area contributed by atoms with Crippen LogP contribution in [0.4, 0.5) is 23.0 Å². The van der Waals surface area contributed by atoms with Crippen molar-refractivity contribution in [1.82, 2.24) is 40.4 Å². The molecule has 5 heterocycles. The molecule has 4 aliphatic rings. The van der Waals surface area contributed by atoms with E-state index in [1.807, 2.05) is 67.6 Å². The highest BCUT2D eigenvalue weighted by Crippen LogP contribution is 2.27. The van der Waals surface area contributed by atoms with Crippen LogP contribution in [0.2, 0.25) is 0 Å². The number of nitrogens with one attached hydrogen (secondary N) is 2. The molecule has 2 N–H and O–H groups in total. The number of ether oxygens (including phenoxy) is 2. The van der Waals surface area contributed by atoms with E-state index in [1.165, 1.54) is 38.5 Å². The fraction of sp³-hybridized carbons (Fsp3) is 0.559. The van der Waals surface area contributed by atoms with Crippen LogP contribution >= 0.6 is 0 Å². The molecule has 0 unspecified atom stereocenters. The molecule has 2 aromatic heterocycles. The highest BCUT2D eigenvalue weighted by Gasteiger charge is 2.24. The summed E-state index contributed by atoms with van der Waals surface area (Å²) in [5.74, 6) is 15.7. The van der Waals surface area contributed by atoms with E-state index in [0.717, 1.165) is 126 Å². The number of benzene rings is 2. The largest absolute Gasteiger partial charge is 0.378 e.